The largest absolute Gasteiger partial charge is 0.391 e. The summed E-state index contributed by atoms with van der Waals surface area (Å²) >= 11 is 0. The van der Waals surface area contributed by atoms with Crippen molar-refractivity contribution in [3.63, 3.8) is 0 Å². The highest BCUT2D eigenvalue weighted by atomic mass is 16.3. The summed E-state index contributed by atoms with van der Waals surface area (Å²) in [6, 6.07) is 9.21. The lowest BCUT2D eigenvalue weighted by Gasteiger charge is -2.17. The molecule has 74 valence electrons. The molecular weight excluding hydrogens is 176 g/mol. The maximum Gasteiger partial charge on any atom is 0.0991 e. The first-order chi connectivity index (χ1) is 6.63. The second-order valence-electron chi connectivity index (χ2n) is 3.36. The van der Waals surface area contributed by atoms with Crippen LogP contribution in [0.25, 0.3) is 0 Å². The fourth-order valence-electron chi connectivity index (χ4n) is 1.02. The van der Waals surface area contributed by atoms with Crippen molar-refractivity contribution >= 4 is 5.69 Å². The molecule has 2 atom stereocenters. The quantitative estimate of drug-likeness (QED) is 0.763. The Morgan fingerprint density at radius 1 is 1.29 bits per heavy atom. The molecule has 0 aliphatic carbocycles. The van der Waals surface area contributed by atoms with Gasteiger partial charge in [0.1, 0.15) is 0 Å². The maximum atomic E-state index is 9.27. The molecule has 0 bridgehead atoms. The standard InChI is InChI=1S/C11H14N2O/c1-8(9(2)14)13-11-5-3-10(7-12)4-6-11/h3-6,8-9,13-14H,1-2H3. The van der Waals surface area contributed by atoms with E-state index in [1.807, 2.05) is 19.1 Å². The van der Waals surface area contributed by atoms with Crippen molar-refractivity contribution in [2.75, 3.05) is 5.32 Å². The Morgan fingerprint density at radius 3 is 2.29 bits per heavy atom. The molecule has 0 spiro atoms. The number of nitrogens with zero attached hydrogens (tertiary/aromatic N) is 1. The highest BCUT2D eigenvalue weighted by Crippen LogP contribution is 2.11. The van der Waals surface area contributed by atoms with Gasteiger partial charge in [0, 0.05) is 11.7 Å². The van der Waals surface area contributed by atoms with Crippen LogP contribution in [0.15, 0.2) is 24.3 Å². The first-order valence-corrected chi connectivity index (χ1v) is 4.58. The minimum absolute atomic E-state index is 0.00272. The summed E-state index contributed by atoms with van der Waals surface area (Å²) in [5.41, 5.74) is 1.55. The molecule has 2 unspecified atom stereocenters. The van der Waals surface area contributed by atoms with Crippen LogP contribution >= 0.6 is 0 Å². The average molecular weight is 190 g/mol. The Bertz CT molecular complexity index is 324. The number of nitrogens with one attached hydrogen (secondary N) is 1. The van der Waals surface area contributed by atoms with Gasteiger partial charge in [-0.1, -0.05) is 0 Å². The van der Waals surface area contributed by atoms with Gasteiger partial charge in [-0.25, -0.2) is 0 Å². The van der Waals surface area contributed by atoms with Gasteiger partial charge < -0.3 is 10.4 Å². The summed E-state index contributed by atoms with van der Waals surface area (Å²) in [5, 5.41) is 21.0. The van der Waals surface area contributed by atoms with Gasteiger partial charge in [0.15, 0.2) is 0 Å². The summed E-state index contributed by atoms with van der Waals surface area (Å²) in [6.07, 6.45) is -0.398. The molecule has 3 nitrogen and oxygen atoms in total. The Morgan fingerprint density at radius 2 is 1.86 bits per heavy atom. The molecule has 0 aliphatic rings. The highest BCUT2D eigenvalue weighted by Gasteiger charge is 2.07. The molecule has 1 rings (SSSR count). The van der Waals surface area contributed by atoms with Crippen LogP contribution in [0.4, 0.5) is 5.69 Å². The number of nitriles is 1. The van der Waals surface area contributed by atoms with E-state index < -0.39 is 6.10 Å². The molecule has 14 heavy (non-hydrogen) atoms. The minimum atomic E-state index is -0.398. The van der Waals surface area contributed by atoms with E-state index in [4.69, 9.17) is 5.26 Å². The van der Waals surface area contributed by atoms with Crippen LogP contribution in [-0.2, 0) is 0 Å². The third-order valence-electron chi connectivity index (χ3n) is 2.13. The number of hydrogen-bond donors (Lipinski definition) is 2. The predicted molar refractivity (Wildman–Crippen MR) is 55.9 cm³/mol. The van der Waals surface area contributed by atoms with Gasteiger partial charge in [-0.15, -0.1) is 0 Å². The van der Waals surface area contributed by atoms with Crippen molar-refractivity contribution in [1.29, 1.82) is 5.26 Å². The molecule has 0 amide bonds. The molecule has 1 aromatic carbocycles. The Balaban J connectivity index is 2.65. The van der Waals surface area contributed by atoms with E-state index in [9.17, 15) is 5.11 Å². The van der Waals surface area contributed by atoms with E-state index in [2.05, 4.69) is 11.4 Å². The van der Waals surface area contributed by atoms with Crippen molar-refractivity contribution in [3.05, 3.63) is 29.8 Å². The first-order valence-electron chi connectivity index (χ1n) is 4.58. The van der Waals surface area contributed by atoms with E-state index in [0.29, 0.717) is 5.56 Å². The fraction of sp³-hybridized carbons (Fsp3) is 0.364. The van der Waals surface area contributed by atoms with Crippen LogP contribution in [0.1, 0.15) is 19.4 Å². The van der Waals surface area contributed by atoms with E-state index in [1.54, 1.807) is 19.1 Å². The third-order valence-corrected chi connectivity index (χ3v) is 2.13. The van der Waals surface area contributed by atoms with Crippen molar-refractivity contribution in [1.82, 2.24) is 0 Å². The van der Waals surface area contributed by atoms with Crippen molar-refractivity contribution < 1.29 is 5.11 Å². The van der Waals surface area contributed by atoms with Crippen LogP contribution in [0.3, 0.4) is 0 Å². The normalized spacial score (nSPS) is 14.1. The van der Waals surface area contributed by atoms with Crippen LogP contribution in [0, 0.1) is 11.3 Å². The Labute approximate surface area is 84.0 Å². The topological polar surface area (TPSA) is 56.0 Å². The Hall–Kier alpha value is -1.53. The zero-order valence-corrected chi connectivity index (χ0v) is 8.36. The number of benzene rings is 1. The lowest BCUT2D eigenvalue weighted by atomic mass is 10.2. The van der Waals surface area contributed by atoms with Crippen molar-refractivity contribution in [2.24, 2.45) is 0 Å². The average Bonchev–Trinajstić information content (AvgIpc) is 2.19. The molecule has 2 N–H and O–H groups in total. The lowest BCUT2D eigenvalue weighted by Crippen LogP contribution is -2.27. The minimum Gasteiger partial charge on any atom is -0.391 e. The van der Waals surface area contributed by atoms with E-state index in [-0.39, 0.29) is 6.04 Å². The molecule has 0 heterocycles. The van der Waals surface area contributed by atoms with Gasteiger partial charge in [0.2, 0.25) is 0 Å². The zero-order valence-electron chi connectivity index (χ0n) is 8.36. The van der Waals surface area contributed by atoms with E-state index >= 15 is 0 Å². The maximum absolute atomic E-state index is 9.27. The highest BCUT2D eigenvalue weighted by molar-refractivity contribution is 5.47. The molecule has 0 fully saturated rings. The van der Waals surface area contributed by atoms with Gasteiger partial charge in [0.05, 0.1) is 17.7 Å². The van der Waals surface area contributed by atoms with Crippen molar-refractivity contribution in [2.45, 2.75) is 26.0 Å². The third kappa shape index (κ3) is 2.75. The number of aliphatic hydroxyl groups is 1. The van der Waals surface area contributed by atoms with Crippen LogP contribution in [0.5, 0.6) is 0 Å². The Kier molecular flexibility index (Phi) is 3.49. The summed E-state index contributed by atoms with van der Waals surface area (Å²) in [4.78, 5) is 0. The van der Waals surface area contributed by atoms with Gasteiger partial charge in [0.25, 0.3) is 0 Å². The van der Waals surface area contributed by atoms with Gasteiger partial charge in [-0.3, -0.25) is 0 Å². The molecule has 0 saturated heterocycles. The first kappa shape index (κ1) is 10.6. The molecule has 0 radical (unpaired) electrons. The van der Waals surface area contributed by atoms with Crippen LogP contribution in [0.2, 0.25) is 0 Å². The molecule has 1 aromatic rings. The molecule has 0 aromatic heterocycles. The number of hydrogen-bond acceptors (Lipinski definition) is 3. The van der Waals surface area contributed by atoms with Crippen molar-refractivity contribution in [3.8, 4) is 6.07 Å². The van der Waals surface area contributed by atoms with E-state index in [1.165, 1.54) is 0 Å². The van der Waals surface area contributed by atoms with Crippen LogP contribution < -0.4 is 5.32 Å². The fourth-order valence-corrected chi connectivity index (χ4v) is 1.02. The molecule has 0 aliphatic heterocycles. The van der Waals surface area contributed by atoms with Crippen LogP contribution in [-0.4, -0.2) is 17.3 Å². The summed E-state index contributed by atoms with van der Waals surface area (Å²) in [5.74, 6) is 0. The second-order valence-corrected chi connectivity index (χ2v) is 3.36. The summed E-state index contributed by atoms with van der Waals surface area (Å²) in [6.45, 7) is 3.64. The lowest BCUT2D eigenvalue weighted by molar-refractivity contribution is 0.178. The van der Waals surface area contributed by atoms with E-state index in [0.717, 1.165) is 5.69 Å². The van der Waals surface area contributed by atoms with Gasteiger partial charge in [-0.2, -0.15) is 5.26 Å². The summed E-state index contributed by atoms with van der Waals surface area (Å²) < 4.78 is 0. The molecule has 3 heteroatoms. The SMILES string of the molecule is CC(O)C(C)Nc1ccc(C#N)cc1. The second kappa shape index (κ2) is 4.64. The van der Waals surface area contributed by atoms with Gasteiger partial charge >= 0.3 is 0 Å². The van der Waals surface area contributed by atoms with Gasteiger partial charge in [-0.05, 0) is 38.1 Å². The summed E-state index contributed by atoms with van der Waals surface area (Å²) in [7, 11) is 0. The number of anilines is 1. The number of aliphatic hydroxyl groups excluding tert-OH is 1. The smallest absolute Gasteiger partial charge is 0.0991 e. The monoisotopic (exact) mass is 190 g/mol. The molecular formula is C11H14N2O. The zero-order chi connectivity index (χ0) is 10.6. The predicted octanol–water partition coefficient (Wildman–Crippen LogP) is 1.74. The number of rotatable bonds is 3. The molecule has 0 saturated carbocycles.